The van der Waals surface area contributed by atoms with E-state index in [2.05, 4.69) is 20.4 Å². The molecule has 0 spiro atoms. The molecule has 1 saturated heterocycles. The molecule has 3 atom stereocenters. The number of nitrogens with zero attached hydrogens (tertiary/aromatic N) is 3. The molecule has 1 aromatic heterocycles. The van der Waals surface area contributed by atoms with Gasteiger partial charge in [0.25, 0.3) is 5.91 Å². The molecule has 2 N–H and O–H groups in total. The molecule has 1 aromatic carbocycles. The van der Waals surface area contributed by atoms with Crippen LogP contribution in [0.3, 0.4) is 0 Å². The van der Waals surface area contributed by atoms with E-state index in [1.807, 2.05) is 13.0 Å². The Morgan fingerprint density at radius 3 is 2.79 bits per heavy atom. The molecule has 0 radical (unpaired) electrons. The maximum Gasteiger partial charge on any atom is 0.254 e. The van der Waals surface area contributed by atoms with Crippen LogP contribution in [0.1, 0.15) is 22.8 Å². The van der Waals surface area contributed by atoms with Crippen molar-refractivity contribution in [3.8, 4) is 0 Å². The molecule has 1 saturated carbocycles. The Bertz CT molecular complexity index is 844. The molecule has 2 heterocycles. The molecule has 28 heavy (non-hydrogen) atoms. The number of halogens is 1. The average Bonchev–Trinajstić information content (AvgIpc) is 3.10. The molecule has 148 valence electrons. The van der Waals surface area contributed by atoms with Crippen molar-refractivity contribution >= 4 is 11.8 Å². The zero-order valence-corrected chi connectivity index (χ0v) is 15.8. The first-order chi connectivity index (χ1) is 13.5. The van der Waals surface area contributed by atoms with E-state index in [4.69, 9.17) is 0 Å². The Balaban J connectivity index is 1.25. The minimum absolute atomic E-state index is 0.0482. The Morgan fingerprint density at radius 1 is 1.36 bits per heavy atom. The van der Waals surface area contributed by atoms with Crippen molar-refractivity contribution in [3.05, 3.63) is 53.6 Å². The van der Waals surface area contributed by atoms with Gasteiger partial charge in [0, 0.05) is 38.4 Å². The highest BCUT2D eigenvalue weighted by Crippen LogP contribution is 2.45. The number of aromatic nitrogens is 2. The van der Waals surface area contributed by atoms with Gasteiger partial charge in [-0.2, -0.15) is 5.10 Å². The number of aromatic amines is 1. The highest BCUT2D eigenvalue weighted by Gasteiger charge is 2.56. The molecule has 2 aromatic rings. The van der Waals surface area contributed by atoms with E-state index in [0.29, 0.717) is 37.0 Å². The molecule has 0 bridgehead atoms. The summed E-state index contributed by atoms with van der Waals surface area (Å²) in [5.74, 6) is 0.461. The summed E-state index contributed by atoms with van der Waals surface area (Å²) in [6.45, 7) is 4.91. The van der Waals surface area contributed by atoms with Gasteiger partial charge >= 0.3 is 0 Å². The number of carbonyl (C=O) groups is 2. The van der Waals surface area contributed by atoms with E-state index < -0.39 is 0 Å². The molecule has 1 unspecified atom stereocenters. The van der Waals surface area contributed by atoms with E-state index >= 15 is 0 Å². The smallest absolute Gasteiger partial charge is 0.254 e. The van der Waals surface area contributed by atoms with Crippen LogP contribution in [0.4, 0.5) is 4.39 Å². The summed E-state index contributed by atoms with van der Waals surface area (Å²) in [4.78, 5) is 28.7. The van der Waals surface area contributed by atoms with E-state index in [-0.39, 0.29) is 23.7 Å². The summed E-state index contributed by atoms with van der Waals surface area (Å²) >= 11 is 0. The number of carbonyl (C=O) groups excluding carboxylic acids is 2. The van der Waals surface area contributed by atoms with Crippen molar-refractivity contribution in [2.45, 2.75) is 19.5 Å². The van der Waals surface area contributed by atoms with Crippen molar-refractivity contribution < 1.29 is 14.0 Å². The summed E-state index contributed by atoms with van der Waals surface area (Å²) < 4.78 is 13.4. The van der Waals surface area contributed by atoms with Crippen molar-refractivity contribution in [1.29, 1.82) is 0 Å². The maximum atomic E-state index is 13.4. The standard InChI is InChI=1S/C20H24FN5O2/c1-2-26(9-13-4-3-5-15(21)6-13)18(27)12-25-10-16-17(11-25)19(16)24-20(28)14-7-22-23-8-14/h3-8,16-17,19H,2,9-12H2,1H3,(H,22,23)(H,24,28)/t16-,17+,19?. The minimum Gasteiger partial charge on any atom is -0.349 e. The van der Waals surface area contributed by atoms with Crippen molar-refractivity contribution in [2.75, 3.05) is 26.2 Å². The van der Waals surface area contributed by atoms with Gasteiger partial charge in [-0.05, 0) is 36.5 Å². The van der Waals surface area contributed by atoms with Crippen LogP contribution in [0.2, 0.25) is 0 Å². The Morgan fingerprint density at radius 2 is 2.14 bits per heavy atom. The number of hydrogen-bond donors (Lipinski definition) is 2. The number of fused-ring (bicyclic) bond motifs is 1. The second kappa shape index (κ2) is 7.71. The van der Waals surface area contributed by atoms with Gasteiger partial charge in [0.2, 0.25) is 5.91 Å². The molecule has 7 nitrogen and oxygen atoms in total. The predicted molar refractivity (Wildman–Crippen MR) is 101 cm³/mol. The normalized spacial score (nSPS) is 23.3. The lowest BCUT2D eigenvalue weighted by atomic mass is 10.2. The Hall–Kier alpha value is -2.74. The van der Waals surface area contributed by atoms with Gasteiger partial charge in [-0.25, -0.2) is 4.39 Å². The van der Waals surface area contributed by atoms with Crippen molar-refractivity contribution in [2.24, 2.45) is 11.8 Å². The molecular formula is C20H24FN5O2. The largest absolute Gasteiger partial charge is 0.349 e. The minimum atomic E-state index is -0.288. The summed E-state index contributed by atoms with van der Waals surface area (Å²) in [7, 11) is 0. The van der Waals surface area contributed by atoms with Gasteiger partial charge in [0.1, 0.15) is 5.82 Å². The van der Waals surface area contributed by atoms with E-state index in [9.17, 15) is 14.0 Å². The number of hydrogen-bond acceptors (Lipinski definition) is 4. The number of rotatable bonds is 7. The first kappa shape index (κ1) is 18.6. The van der Waals surface area contributed by atoms with Gasteiger partial charge < -0.3 is 10.2 Å². The highest BCUT2D eigenvalue weighted by molar-refractivity contribution is 5.94. The van der Waals surface area contributed by atoms with Crippen LogP contribution in [0.5, 0.6) is 0 Å². The zero-order valence-electron chi connectivity index (χ0n) is 15.8. The van der Waals surface area contributed by atoms with E-state index in [1.165, 1.54) is 18.3 Å². The highest BCUT2D eigenvalue weighted by atomic mass is 19.1. The number of benzene rings is 1. The molecule has 1 aliphatic heterocycles. The second-order valence-corrected chi connectivity index (χ2v) is 7.55. The van der Waals surface area contributed by atoms with Crippen LogP contribution < -0.4 is 5.32 Å². The van der Waals surface area contributed by atoms with Crippen LogP contribution in [0.25, 0.3) is 0 Å². The van der Waals surface area contributed by atoms with Gasteiger partial charge in [-0.15, -0.1) is 0 Å². The maximum absolute atomic E-state index is 13.4. The van der Waals surface area contributed by atoms with E-state index in [1.54, 1.807) is 17.2 Å². The molecule has 4 rings (SSSR count). The third-order valence-electron chi connectivity index (χ3n) is 5.68. The fourth-order valence-corrected chi connectivity index (χ4v) is 4.09. The lowest BCUT2D eigenvalue weighted by molar-refractivity contribution is -0.132. The molecule has 8 heteroatoms. The molecular weight excluding hydrogens is 361 g/mol. The number of piperidine rings is 1. The monoisotopic (exact) mass is 385 g/mol. The SMILES string of the molecule is CCN(Cc1cccc(F)c1)C(=O)CN1C[C@@H]2C(NC(=O)c3cn[nH]c3)[C@@H]2C1. The fraction of sp³-hybridized carbons (Fsp3) is 0.450. The summed E-state index contributed by atoms with van der Waals surface area (Å²) in [5.41, 5.74) is 1.33. The number of likely N-dealkylation sites (tertiary alicyclic amines) is 1. The third-order valence-corrected chi connectivity index (χ3v) is 5.68. The quantitative estimate of drug-likeness (QED) is 0.752. The van der Waals surface area contributed by atoms with Gasteiger partial charge in [0.15, 0.2) is 0 Å². The zero-order chi connectivity index (χ0) is 19.7. The number of likely N-dealkylation sites (N-methyl/N-ethyl adjacent to an activating group) is 1. The van der Waals surface area contributed by atoms with Crippen LogP contribution >= 0.6 is 0 Å². The molecule has 2 amide bonds. The van der Waals surface area contributed by atoms with Crippen LogP contribution in [-0.4, -0.2) is 64.0 Å². The predicted octanol–water partition coefficient (Wildman–Crippen LogP) is 1.26. The lowest BCUT2D eigenvalue weighted by Crippen LogP contribution is -2.41. The Labute approximate surface area is 162 Å². The first-order valence-electron chi connectivity index (χ1n) is 9.59. The average molecular weight is 385 g/mol. The summed E-state index contributed by atoms with van der Waals surface area (Å²) in [6.07, 6.45) is 3.09. The van der Waals surface area contributed by atoms with Crippen molar-refractivity contribution in [3.63, 3.8) is 0 Å². The van der Waals surface area contributed by atoms with Crippen LogP contribution in [0.15, 0.2) is 36.7 Å². The topological polar surface area (TPSA) is 81.3 Å². The number of amides is 2. The Kier molecular flexibility index (Phi) is 5.13. The third kappa shape index (κ3) is 3.91. The van der Waals surface area contributed by atoms with Crippen LogP contribution in [0, 0.1) is 17.7 Å². The first-order valence-corrected chi connectivity index (χ1v) is 9.59. The summed E-state index contributed by atoms with van der Waals surface area (Å²) in [6, 6.07) is 6.55. The van der Waals surface area contributed by atoms with Gasteiger partial charge in [-0.1, -0.05) is 12.1 Å². The van der Waals surface area contributed by atoms with E-state index in [0.717, 1.165) is 18.7 Å². The molecule has 1 aliphatic carbocycles. The number of nitrogens with one attached hydrogen (secondary N) is 2. The summed E-state index contributed by atoms with van der Waals surface area (Å²) in [5, 5.41) is 9.48. The second-order valence-electron chi connectivity index (χ2n) is 7.55. The molecule has 2 aliphatic rings. The fourth-order valence-electron chi connectivity index (χ4n) is 4.09. The molecule has 2 fully saturated rings. The lowest BCUT2D eigenvalue weighted by Gasteiger charge is -2.25. The van der Waals surface area contributed by atoms with Gasteiger partial charge in [-0.3, -0.25) is 19.6 Å². The van der Waals surface area contributed by atoms with Gasteiger partial charge in [0.05, 0.1) is 18.3 Å². The number of H-pyrrole nitrogens is 1. The van der Waals surface area contributed by atoms with Crippen molar-refractivity contribution in [1.82, 2.24) is 25.3 Å². The van der Waals surface area contributed by atoms with Crippen LogP contribution in [-0.2, 0) is 11.3 Å².